The number of hydrogen-bond acceptors (Lipinski definition) is 4. The molecule has 4 rings (SSSR count). The summed E-state index contributed by atoms with van der Waals surface area (Å²) in [6.45, 7) is 6.32. The Morgan fingerprint density at radius 3 is 2.64 bits per heavy atom. The van der Waals surface area contributed by atoms with Crippen molar-refractivity contribution in [2.45, 2.75) is 77.4 Å². The summed E-state index contributed by atoms with van der Waals surface area (Å²) in [5.41, 5.74) is -1.40. The molecule has 0 aliphatic heterocycles. The molecule has 3 N–H and O–H groups in total. The topological polar surface area (TPSA) is 77.8 Å². The van der Waals surface area contributed by atoms with E-state index in [1.807, 2.05) is 6.92 Å². The van der Waals surface area contributed by atoms with Crippen molar-refractivity contribution >= 4 is 5.78 Å². The van der Waals surface area contributed by atoms with E-state index < -0.39 is 11.7 Å². The van der Waals surface area contributed by atoms with Gasteiger partial charge in [0.05, 0.1) is 11.7 Å². The number of rotatable bonds is 1. The summed E-state index contributed by atoms with van der Waals surface area (Å²) in [6, 6.07) is 0. The van der Waals surface area contributed by atoms with E-state index >= 15 is 0 Å². The Balaban J connectivity index is 1.74. The molecule has 0 saturated heterocycles. The van der Waals surface area contributed by atoms with Crippen LogP contribution in [0.4, 0.5) is 0 Å². The first-order valence-electron chi connectivity index (χ1n) is 10.0. The zero-order valence-electron chi connectivity index (χ0n) is 15.7. The summed E-state index contributed by atoms with van der Waals surface area (Å²) < 4.78 is 0. The lowest BCUT2D eigenvalue weighted by atomic mass is 9.45. The highest BCUT2D eigenvalue weighted by molar-refractivity contribution is 5.91. The van der Waals surface area contributed by atoms with Gasteiger partial charge in [-0.25, -0.2) is 0 Å². The maximum atomic E-state index is 11.9. The fourth-order valence-electron chi connectivity index (χ4n) is 7.51. The van der Waals surface area contributed by atoms with Crippen LogP contribution in [0, 0.1) is 34.5 Å². The quantitative estimate of drug-likeness (QED) is 0.679. The number of hydrogen-bond donors (Lipinski definition) is 3. The van der Waals surface area contributed by atoms with Gasteiger partial charge in [-0.15, -0.1) is 0 Å². The molecule has 0 spiro atoms. The van der Waals surface area contributed by atoms with Gasteiger partial charge in [-0.3, -0.25) is 4.79 Å². The monoisotopic (exact) mass is 348 g/mol. The second-order valence-electron chi connectivity index (χ2n) is 9.67. The normalized spacial score (nSPS) is 55.2. The van der Waals surface area contributed by atoms with Crippen LogP contribution in [0.1, 0.15) is 65.7 Å². The fraction of sp³-hybridized carbons (Fsp3) is 0.857. The van der Waals surface area contributed by atoms with Crippen LogP contribution < -0.4 is 0 Å². The van der Waals surface area contributed by atoms with E-state index in [2.05, 4.69) is 13.8 Å². The summed E-state index contributed by atoms with van der Waals surface area (Å²) in [5, 5.41) is 32.8. The van der Waals surface area contributed by atoms with Crippen LogP contribution in [0.25, 0.3) is 0 Å². The standard InChI is InChI=1S/C21H32O4/c1-4-21(25)11-16(23)18-14-6-5-12-9-13(22)10-17(24)20(12,3)15(14)7-8-19(18,21)2/h10,12,14-16,18,23-25H,4-9,11H2,1-3H3/t12?,14?,15-,16+,18+,19-,20-,21+/m0/s1. The molecule has 3 fully saturated rings. The molecular formula is C21H32O4. The van der Waals surface area contributed by atoms with E-state index in [4.69, 9.17) is 0 Å². The van der Waals surface area contributed by atoms with Crippen LogP contribution in [0.3, 0.4) is 0 Å². The second kappa shape index (κ2) is 5.32. The third-order valence-electron chi connectivity index (χ3n) is 9.06. The molecule has 25 heavy (non-hydrogen) atoms. The third kappa shape index (κ3) is 2.04. The highest BCUT2D eigenvalue weighted by Gasteiger charge is 2.67. The fourth-order valence-corrected chi connectivity index (χ4v) is 7.51. The molecule has 4 heteroatoms. The van der Waals surface area contributed by atoms with Crippen molar-refractivity contribution in [1.29, 1.82) is 0 Å². The molecule has 4 aliphatic rings. The minimum Gasteiger partial charge on any atom is -0.512 e. The van der Waals surface area contributed by atoms with E-state index in [0.29, 0.717) is 25.2 Å². The lowest BCUT2D eigenvalue weighted by Gasteiger charge is -2.60. The Labute approximate surface area is 150 Å². The summed E-state index contributed by atoms with van der Waals surface area (Å²) in [4.78, 5) is 11.9. The third-order valence-corrected chi connectivity index (χ3v) is 9.06. The zero-order chi connectivity index (χ0) is 18.2. The van der Waals surface area contributed by atoms with Crippen molar-refractivity contribution in [3.05, 3.63) is 11.8 Å². The maximum absolute atomic E-state index is 11.9. The molecule has 0 heterocycles. The predicted octanol–water partition coefficient (Wildman–Crippen LogP) is 3.37. The first-order valence-corrected chi connectivity index (χ1v) is 10.0. The molecule has 0 amide bonds. The highest BCUT2D eigenvalue weighted by Crippen LogP contribution is 2.68. The zero-order valence-corrected chi connectivity index (χ0v) is 15.7. The molecule has 4 aliphatic carbocycles. The van der Waals surface area contributed by atoms with E-state index in [9.17, 15) is 20.1 Å². The molecule has 3 saturated carbocycles. The Morgan fingerprint density at radius 1 is 1.24 bits per heavy atom. The Bertz CT molecular complexity index is 627. The molecule has 0 radical (unpaired) electrons. The highest BCUT2D eigenvalue weighted by atomic mass is 16.3. The molecule has 8 atom stereocenters. The number of fused-ring (bicyclic) bond motifs is 5. The van der Waals surface area contributed by atoms with Crippen molar-refractivity contribution < 1.29 is 20.1 Å². The van der Waals surface area contributed by atoms with Gasteiger partial charge in [0, 0.05) is 29.7 Å². The molecule has 140 valence electrons. The van der Waals surface area contributed by atoms with E-state index in [-0.39, 0.29) is 40.1 Å². The Morgan fingerprint density at radius 2 is 1.96 bits per heavy atom. The number of aliphatic hydroxyl groups excluding tert-OH is 2. The maximum Gasteiger partial charge on any atom is 0.159 e. The van der Waals surface area contributed by atoms with E-state index in [0.717, 1.165) is 25.7 Å². The average molecular weight is 348 g/mol. The van der Waals surface area contributed by atoms with Crippen LogP contribution in [0.2, 0.25) is 0 Å². The summed E-state index contributed by atoms with van der Waals surface area (Å²) in [5.74, 6) is 1.17. The van der Waals surface area contributed by atoms with Crippen molar-refractivity contribution in [3.63, 3.8) is 0 Å². The van der Waals surface area contributed by atoms with Crippen molar-refractivity contribution in [2.24, 2.45) is 34.5 Å². The summed E-state index contributed by atoms with van der Waals surface area (Å²) in [7, 11) is 0. The van der Waals surface area contributed by atoms with Gasteiger partial charge in [-0.05, 0) is 55.8 Å². The number of ketones is 1. The van der Waals surface area contributed by atoms with Crippen molar-refractivity contribution in [3.8, 4) is 0 Å². The Kier molecular flexibility index (Phi) is 3.73. The van der Waals surface area contributed by atoms with Gasteiger partial charge in [0.2, 0.25) is 0 Å². The minimum absolute atomic E-state index is 0.0420. The summed E-state index contributed by atoms with van der Waals surface area (Å²) >= 11 is 0. The Hall–Kier alpha value is -0.870. The van der Waals surface area contributed by atoms with Gasteiger partial charge in [0.25, 0.3) is 0 Å². The van der Waals surface area contributed by atoms with Crippen LogP contribution in [-0.4, -0.2) is 32.8 Å². The van der Waals surface area contributed by atoms with Gasteiger partial charge in [0.1, 0.15) is 5.76 Å². The van der Waals surface area contributed by atoms with Gasteiger partial charge in [0.15, 0.2) is 5.78 Å². The number of carbonyl (C=O) groups excluding carboxylic acids is 1. The molecular weight excluding hydrogens is 316 g/mol. The van der Waals surface area contributed by atoms with Gasteiger partial charge in [-0.1, -0.05) is 20.8 Å². The van der Waals surface area contributed by atoms with Crippen LogP contribution in [0.15, 0.2) is 11.8 Å². The smallest absolute Gasteiger partial charge is 0.159 e. The molecule has 2 unspecified atom stereocenters. The molecule has 0 aromatic rings. The van der Waals surface area contributed by atoms with Gasteiger partial charge >= 0.3 is 0 Å². The number of aliphatic hydroxyl groups is 3. The van der Waals surface area contributed by atoms with Crippen LogP contribution in [-0.2, 0) is 4.79 Å². The summed E-state index contributed by atoms with van der Waals surface area (Å²) in [6.07, 6.45) is 6.39. The first kappa shape index (κ1) is 17.5. The molecule has 4 nitrogen and oxygen atoms in total. The average Bonchev–Trinajstić information content (AvgIpc) is 2.76. The molecule has 0 aromatic heterocycles. The SMILES string of the molecule is CC[C@@]1(O)C[C@@H](O)[C@H]2C3CCC4CC(=O)C=C(O)[C@]4(C)[C@H]3CC[C@@]21C. The van der Waals surface area contributed by atoms with Crippen molar-refractivity contribution in [1.82, 2.24) is 0 Å². The second-order valence-corrected chi connectivity index (χ2v) is 9.67. The van der Waals surface area contributed by atoms with Gasteiger partial charge < -0.3 is 15.3 Å². The number of carbonyl (C=O) groups is 1. The van der Waals surface area contributed by atoms with E-state index in [1.165, 1.54) is 6.08 Å². The molecule has 0 bridgehead atoms. The number of allylic oxidation sites excluding steroid dienone is 2. The lowest BCUT2D eigenvalue weighted by Crippen LogP contribution is -2.57. The predicted molar refractivity (Wildman–Crippen MR) is 94.8 cm³/mol. The lowest BCUT2D eigenvalue weighted by molar-refractivity contribution is -0.155. The molecule has 0 aromatic carbocycles. The van der Waals surface area contributed by atoms with Crippen LogP contribution in [0.5, 0.6) is 0 Å². The van der Waals surface area contributed by atoms with Gasteiger partial charge in [-0.2, -0.15) is 0 Å². The van der Waals surface area contributed by atoms with Crippen LogP contribution >= 0.6 is 0 Å². The van der Waals surface area contributed by atoms with Crippen molar-refractivity contribution in [2.75, 3.05) is 0 Å². The van der Waals surface area contributed by atoms with E-state index in [1.54, 1.807) is 0 Å². The largest absolute Gasteiger partial charge is 0.512 e. The minimum atomic E-state index is -0.791. The first-order chi connectivity index (χ1) is 11.7.